The number of nitrogens with zero attached hydrogens (tertiary/aromatic N) is 1. The van der Waals surface area contributed by atoms with Crippen LogP contribution in [0.2, 0.25) is 0 Å². The average molecular weight is 655 g/mol. The molecule has 0 radical (unpaired) electrons. The number of aliphatic hydroxyl groups excluding tert-OH is 1. The summed E-state index contributed by atoms with van der Waals surface area (Å²) in [5.74, 6) is 1.39. The van der Waals surface area contributed by atoms with Gasteiger partial charge in [0.05, 0.1) is 18.8 Å². The molecular weight excluding hydrogens is 617 g/mol. The quantitative estimate of drug-likeness (QED) is 0.142. The lowest BCUT2D eigenvalue weighted by Gasteiger charge is -2.41. The highest BCUT2D eigenvalue weighted by atomic mass is 32.2. The van der Waals surface area contributed by atoms with E-state index < -0.39 is 6.29 Å². The van der Waals surface area contributed by atoms with Crippen LogP contribution in [-0.2, 0) is 22.6 Å². The number of hydrogen-bond acceptors (Lipinski definition) is 7. The van der Waals surface area contributed by atoms with Crippen LogP contribution in [0.4, 0.5) is 0 Å². The van der Waals surface area contributed by atoms with E-state index >= 15 is 0 Å². The Balaban J connectivity index is 1.19. The maximum absolute atomic E-state index is 9.65. The maximum atomic E-state index is 9.65. The van der Waals surface area contributed by atoms with Crippen LogP contribution >= 0.6 is 11.8 Å². The van der Waals surface area contributed by atoms with E-state index in [9.17, 15) is 5.11 Å². The van der Waals surface area contributed by atoms with Gasteiger partial charge in [-0.3, -0.25) is 0 Å². The van der Waals surface area contributed by atoms with E-state index in [1.165, 1.54) is 0 Å². The van der Waals surface area contributed by atoms with Crippen LogP contribution in [0.3, 0.4) is 0 Å². The van der Waals surface area contributed by atoms with Crippen molar-refractivity contribution >= 4 is 11.8 Å². The Hall–Kier alpha value is -4.50. The van der Waals surface area contributed by atoms with Gasteiger partial charge in [0.2, 0.25) is 0 Å². The van der Waals surface area contributed by atoms with Crippen LogP contribution in [0.25, 0.3) is 33.7 Å². The van der Waals surface area contributed by atoms with Gasteiger partial charge in [-0.2, -0.15) is 0 Å². The number of benzene rings is 5. The topological polar surface area (TPSA) is 90.7 Å². The van der Waals surface area contributed by atoms with Crippen molar-refractivity contribution in [3.05, 3.63) is 156 Å². The molecule has 3 N–H and O–H groups in total. The van der Waals surface area contributed by atoms with Gasteiger partial charge in [-0.05, 0) is 39.9 Å². The van der Waals surface area contributed by atoms with E-state index in [2.05, 4.69) is 49.4 Å². The molecule has 0 bridgehead atoms. The third kappa shape index (κ3) is 7.02. The predicted octanol–water partition coefficient (Wildman–Crippen LogP) is 9.21. The highest BCUT2D eigenvalue weighted by Crippen LogP contribution is 2.44. The summed E-state index contributed by atoms with van der Waals surface area (Å²) in [4.78, 5) is 4.98. The molecule has 1 aromatic heterocycles. The van der Waals surface area contributed by atoms with Crippen molar-refractivity contribution in [1.29, 1.82) is 0 Å². The molecule has 4 unspecified atom stereocenters. The van der Waals surface area contributed by atoms with Crippen LogP contribution in [-0.4, -0.2) is 21.9 Å². The third-order valence-electron chi connectivity index (χ3n) is 8.84. The molecule has 0 spiro atoms. The zero-order valence-corrected chi connectivity index (χ0v) is 27.6. The monoisotopic (exact) mass is 654 g/mol. The van der Waals surface area contributed by atoms with Gasteiger partial charge in [0.1, 0.15) is 5.69 Å². The van der Waals surface area contributed by atoms with Crippen LogP contribution in [0.15, 0.2) is 143 Å². The first-order valence-corrected chi connectivity index (χ1v) is 17.2. The number of aliphatic hydroxyl groups is 1. The Morgan fingerprint density at radius 1 is 0.688 bits per heavy atom. The molecule has 5 aromatic carbocycles. The van der Waals surface area contributed by atoms with E-state index in [4.69, 9.17) is 24.6 Å². The third-order valence-corrected chi connectivity index (χ3v) is 9.76. The number of rotatable bonds is 10. The highest BCUT2D eigenvalue weighted by Gasteiger charge is 2.39. The van der Waals surface area contributed by atoms with Gasteiger partial charge >= 0.3 is 0 Å². The van der Waals surface area contributed by atoms with E-state index in [0.29, 0.717) is 17.5 Å². The number of aromatic nitrogens is 1. The molecule has 6 nitrogen and oxygen atoms in total. The molecule has 48 heavy (non-hydrogen) atoms. The Kier molecular flexibility index (Phi) is 9.84. The summed E-state index contributed by atoms with van der Waals surface area (Å²) in [7, 11) is 0. The Morgan fingerprint density at radius 2 is 1.35 bits per heavy atom. The molecule has 242 valence electrons. The molecular formula is C41H38N2O4S. The van der Waals surface area contributed by atoms with Gasteiger partial charge < -0.3 is 24.7 Å². The van der Waals surface area contributed by atoms with Crippen molar-refractivity contribution in [2.45, 2.75) is 43.8 Å². The van der Waals surface area contributed by atoms with Gasteiger partial charge in [0, 0.05) is 34.9 Å². The fourth-order valence-electron chi connectivity index (χ4n) is 6.15. The first-order chi connectivity index (χ1) is 23.6. The normalized spacial score (nSPS) is 19.3. The molecule has 1 aliphatic heterocycles. The minimum absolute atomic E-state index is 0.00338. The Bertz CT molecular complexity index is 1890. The second-order valence-electron chi connectivity index (χ2n) is 12.1. The van der Waals surface area contributed by atoms with Crippen molar-refractivity contribution in [3.8, 4) is 33.7 Å². The minimum Gasteiger partial charge on any atom is -0.431 e. The van der Waals surface area contributed by atoms with Gasteiger partial charge in [-0.25, -0.2) is 4.98 Å². The maximum Gasteiger partial charge on any atom is 0.256 e. The fourth-order valence-corrected chi connectivity index (χ4v) is 7.13. The molecule has 1 saturated heterocycles. The average Bonchev–Trinajstić information content (AvgIpc) is 3.60. The molecule has 7 heteroatoms. The molecule has 1 aliphatic rings. The van der Waals surface area contributed by atoms with Gasteiger partial charge in [-0.15, -0.1) is 0 Å². The summed E-state index contributed by atoms with van der Waals surface area (Å²) in [6, 6.07) is 44.9. The van der Waals surface area contributed by atoms with Crippen molar-refractivity contribution < 1.29 is 19.0 Å². The van der Waals surface area contributed by atoms with E-state index in [1.54, 1.807) is 11.8 Å². The zero-order chi connectivity index (χ0) is 32.9. The molecule has 4 atom stereocenters. The van der Waals surface area contributed by atoms with Crippen molar-refractivity contribution in [3.63, 3.8) is 0 Å². The van der Waals surface area contributed by atoms with E-state index in [0.717, 1.165) is 56.0 Å². The summed E-state index contributed by atoms with van der Waals surface area (Å²) in [5.41, 5.74) is 14.8. The summed E-state index contributed by atoms with van der Waals surface area (Å²) >= 11 is 1.56. The summed E-state index contributed by atoms with van der Waals surface area (Å²) in [6.45, 7) is 2.65. The van der Waals surface area contributed by atoms with Crippen molar-refractivity contribution in [2.75, 3.05) is 5.75 Å². The zero-order valence-electron chi connectivity index (χ0n) is 26.7. The predicted molar refractivity (Wildman–Crippen MR) is 191 cm³/mol. The van der Waals surface area contributed by atoms with Crippen molar-refractivity contribution in [2.24, 2.45) is 11.7 Å². The number of oxazole rings is 1. The fraction of sp³-hybridized carbons (Fsp3) is 0.195. The standard InChI is InChI=1S/C41H38N2O4S/c1-27-36(26-48-41-43-37(30-11-4-2-5-12-30)39(47-41)31-13-6-3-7-14-31)45-40(46-38(27)32-20-18-28(25-44)19-21-32)35-17-9-16-34(23-35)33-15-8-10-29(22-33)24-42/h2-23,27,36,38,40,44H,24-26,42H2,1H3. The van der Waals surface area contributed by atoms with Crippen molar-refractivity contribution in [1.82, 2.24) is 4.98 Å². The second-order valence-corrected chi connectivity index (χ2v) is 13.0. The molecule has 1 fully saturated rings. The largest absolute Gasteiger partial charge is 0.431 e. The summed E-state index contributed by atoms with van der Waals surface area (Å²) in [6.07, 6.45) is -0.986. The highest BCUT2D eigenvalue weighted by molar-refractivity contribution is 7.99. The molecule has 6 aromatic rings. The van der Waals surface area contributed by atoms with Gasteiger partial charge in [-0.1, -0.05) is 140 Å². The van der Waals surface area contributed by atoms with Crippen LogP contribution in [0, 0.1) is 5.92 Å². The molecule has 0 aliphatic carbocycles. The first-order valence-electron chi connectivity index (χ1n) is 16.2. The van der Waals surface area contributed by atoms with Gasteiger partial charge in [0.25, 0.3) is 5.22 Å². The van der Waals surface area contributed by atoms with Crippen LogP contribution < -0.4 is 5.73 Å². The molecule has 2 heterocycles. The van der Waals surface area contributed by atoms with E-state index in [-0.39, 0.29) is 24.7 Å². The smallest absolute Gasteiger partial charge is 0.256 e. The molecule has 7 rings (SSSR count). The molecule has 0 saturated carbocycles. The number of ether oxygens (including phenoxy) is 2. The number of nitrogens with two attached hydrogens (primary N) is 1. The summed E-state index contributed by atoms with van der Waals surface area (Å²) in [5, 5.41) is 10.2. The minimum atomic E-state index is -0.587. The second kappa shape index (κ2) is 14.7. The lowest BCUT2D eigenvalue weighted by molar-refractivity contribution is -0.268. The molecule has 0 amide bonds. The lowest BCUT2D eigenvalue weighted by Crippen LogP contribution is -2.38. The SMILES string of the molecule is CC1C(CSc2nc(-c3ccccc3)c(-c3ccccc3)o2)OC(c2cccc(-c3cccc(CN)c3)c2)OC1c1ccc(CO)cc1. The Morgan fingerprint density at radius 3 is 2.06 bits per heavy atom. The number of hydrogen-bond donors (Lipinski definition) is 2. The van der Waals surface area contributed by atoms with Crippen LogP contribution in [0.5, 0.6) is 0 Å². The van der Waals surface area contributed by atoms with E-state index in [1.807, 2.05) is 91.0 Å². The van der Waals surface area contributed by atoms with Gasteiger partial charge in [0.15, 0.2) is 12.1 Å². The number of thioether (sulfide) groups is 1. The summed E-state index contributed by atoms with van der Waals surface area (Å²) < 4.78 is 20.0. The Labute approximate surface area is 285 Å². The van der Waals surface area contributed by atoms with Crippen LogP contribution in [0.1, 0.15) is 41.6 Å². The first kappa shape index (κ1) is 32.1. The lowest BCUT2D eigenvalue weighted by atomic mass is 9.91.